The van der Waals surface area contributed by atoms with Crippen LogP contribution in [0.3, 0.4) is 0 Å². The van der Waals surface area contributed by atoms with Crippen LogP contribution in [0.4, 0.5) is 0 Å². The summed E-state index contributed by atoms with van der Waals surface area (Å²) < 4.78 is 11.9. The molecule has 3 rings (SSSR count). The Hall–Kier alpha value is -2.45. The Kier molecular flexibility index (Phi) is 5.75. The van der Waals surface area contributed by atoms with E-state index in [4.69, 9.17) is 21.1 Å². The zero-order valence-corrected chi connectivity index (χ0v) is 14.0. The molecule has 0 heterocycles. The van der Waals surface area contributed by atoms with Gasteiger partial charge in [-0.2, -0.15) is 0 Å². The SMILES string of the molecule is ClCC[C@H](Oc1ccc(Oc2ccccc2)cc1)c1ccccc1. The average molecular weight is 339 g/mol. The van der Waals surface area contributed by atoms with Crippen molar-refractivity contribution < 1.29 is 9.47 Å². The lowest BCUT2D eigenvalue weighted by atomic mass is 10.1. The van der Waals surface area contributed by atoms with Gasteiger partial charge in [0, 0.05) is 12.3 Å². The van der Waals surface area contributed by atoms with E-state index < -0.39 is 0 Å². The molecule has 0 bridgehead atoms. The maximum absolute atomic E-state index is 6.11. The van der Waals surface area contributed by atoms with E-state index in [0.29, 0.717) is 5.88 Å². The van der Waals surface area contributed by atoms with Crippen LogP contribution >= 0.6 is 11.6 Å². The highest BCUT2D eigenvalue weighted by atomic mass is 35.5. The monoisotopic (exact) mass is 338 g/mol. The molecule has 0 N–H and O–H groups in total. The molecule has 0 saturated carbocycles. The summed E-state index contributed by atoms with van der Waals surface area (Å²) >= 11 is 5.93. The number of hydrogen-bond donors (Lipinski definition) is 0. The smallest absolute Gasteiger partial charge is 0.127 e. The van der Waals surface area contributed by atoms with Crippen molar-refractivity contribution in [1.29, 1.82) is 0 Å². The number of ether oxygens (including phenoxy) is 2. The van der Waals surface area contributed by atoms with Crippen molar-refractivity contribution >= 4 is 11.6 Å². The normalized spacial score (nSPS) is 11.7. The highest BCUT2D eigenvalue weighted by molar-refractivity contribution is 6.17. The average Bonchev–Trinajstić information content (AvgIpc) is 2.64. The number of hydrogen-bond acceptors (Lipinski definition) is 2. The quantitative estimate of drug-likeness (QED) is 0.475. The van der Waals surface area contributed by atoms with E-state index >= 15 is 0 Å². The summed E-state index contributed by atoms with van der Waals surface area (Å²) in [7, 11) is 0. The van der Waals surface area contributed by atoms with Gasteiger partial charge in [-0.1, -0.05) is 48.5 Å². The minimum Gasteiger partial charge on any atom is -0.486 e. The molecule has 0 unspecified atom stereocenters. The summed E-state index contributed by atoms with van der Waals surface area (Å²) in [5, 5.41) is 0. The van der Waals surface area contributed by atoms with Gasteiger partial charge in [0.05, 0.1) is 0 Å². The van der Waals surface area contributed by atoms with E-state index in [1.54, 1.807) is 0 Å². The zero-order chi connectivity index (χ0) is 16.6. The van der Waals surface area contributed by atoms with E-state index in [9.17, 15) is 0 Å². The van der Waals surface area contributed by atoms with Gasteiger partial charge in [0.15, 0.2) is 0 Å². The molecule has 0 spiro atoms. The summed E-state index contributed by atoms with van der Waals surface area (Å²) in [4.78, 5) is 0. The Morgan fingerprint density at radius 2 is 1.21 bits per heavy atom. The number of halogens is 1. The third-order valence-corrected chi connectivity index (χ3v) is 3.84. The molecule has 0 aliphatic rings. The lowest BCUT2D eigenvalue weighted by molar-refractivity contribution is 0.202. The minimum absolute atomic E-state index is 0.0513. The first kappa shape index (κ1) is 16.4. The minimum atomic E-state index is -0.0513. The molecule has 3 aromatic carbocycles. The van der Waals surface area contributed by atoms with Gasteiger partial charge in [-0.25, -0.2) is 0 Å². The van der Waals surface area contributed by atoms with E-state index in [2.05, 4.69) is 12.1 Å². The van der Waals surface area contributed by atoms with E-state index in [0.717, 1.165) is 29.2 Å². The van der Waals surface area contributed by atoms with E-state index in [1.165, 1.54) is 0 Å². The van der Waals surface area contributed by atoms with Crippen LogP contribution in [0, 0.1) is 0 Å². The van der Waals surface area contributed by atoms with Crippen LogP contribution in [0.1, 0.15) is 18.1 Å². The summed E-state index contributed by atoms with van der Waals surface area (Å²) in [6, 6.07) is 27.5. The third kappa shape index (κ3) is 4.53. The molecule has 0 aromatic heterocycles. The predicted molar refractivity (Wildman–Crippen MR) is 98.1 cm³/mol. The van der Waals surface area contributed by atoms with Crippen LogP contribution in [0.2, 0.25) is 0 Å². The second-order valence-corrected chi connectivity index (χ2v) is 5.76. The number of rotatable bonds is 7. The Morgan fingerprint density at radius 3 is 1.83 bits per heavy atom. The van der Waals surface area contributed by atoms with Crippen molar-refractivity contribution in [2.45, 2.75) is 12.5 Å². The first-order chi connectivity index (χ1) is 11.8. The van der Waals surface area contributed by atoms with Gasteiger partial charge in [0.2, 0.25) is 0 Å². The van der Waals surface area contributed by atoms with Crippen LogP contribution in [0.15, 0.2) is 84.9 Å². The standard InChI is InChI=1S/C21H19ClO2/c22-16-15-21(17-7-3-1-4-8-17)24-20-13-11-19(12-14-20)23-18-9-5-2-6-10-18/h1-14,21H,15-16H2/t21-/m0/s1. The summed E-state index contributed by atoms with van der Waals surface area (Å²) in [6.45, 7) is 0. The molecule has 1 atom stereocenters. The van der Waals surface area contributed by atoms with Gasteiger partial charge < -0.3 is 9.47 Å². The van der Waals surface area contributed by atoms with Gasteiger partial charge in [-0.15, -0.1) is 11.6 Å². The van der Waals surface area contributed by atoms with Gasteiger partial charge >= 0.3 is 0 Å². The number of benzene rings is 3. The first-order valence-corrected chi connectivity index (χ1v) is 8.49. The van der Waals surface area contributed by atoms with Gasteiger partial charge in [0.25, 0.3) is 0 Å². The second-order valence-electron chi connectivity index (χ2n) is 5.38. The molecule has 0 aliphatic heterocycles. The highest BCUT2D eigenvalue weighted by Crippen LogP contribution is 2.28. The van der Waals surface area contributed by atoms with Crippen LogP contribution in [0.25, 0.3) is 0 Å². The third-order valence-electron chi connectivity index (χ3n) is 3.62. The predicted octanol–water partition coefficient (Wildman–Crippen LogP) is 6.23. The Morgan fingerprint density at radius 1 is 0.667 bits per heavy atom. The topological polar surface area (TPSA) is 18.5 Å². The molecular weight excluding hydrogens is 320 g/mol. The summed E-state index contributed by atoms with van der Waals surface area (Å²) in [6.07, 6.45) is 0.706. The summed E-state index contributed by atoms with van der Waals surface area (Å²) in [5.74, 6) is 2.95. The fourth-order valence-electron chi connectivity index (χ4n) is 2.44. The Bertz CT molecular complexity index is 727. The van der Waals surface area contributed by atoms with Crippen molar-refractivity contribution in [3.8, 4) is 17.2 Å². The molecule has 0 amide bonds. The molecule has 0 fully saturated rings. The van der Waals surface area contributed by atoms with Gasteiger partial charge in [-0.05, 0) is 42.0 Å². The molecule has 3 heteroatoms. The zero-order valence-electron chi connectivity index (χ0n) is 13.3. The van der Waals surface area contributed by atoms with Crippen LogP contribution < -0.4 is 9.47 Å². The Labute approximate surface area is 147 Å². The van der Waals surface area contributed by atoms with E-state index in [-0.39, 0.29) is 6.10 Å². The molecule has 2 nitrogen and oxygen atoms in total. The van der Waals surface area contributed by atoms with Crippen molar-refractivity contribution in [3.05, 3.63) is 90.5 Å². The van der Waals surface area contributed by atoms with E-state index in [1.807, 2.05) is 72.8 Å². The van der Waals surface area contributed by atoms with Crippen molar-refractivity contribution in [2.75, 3.05) is 5.88 Å². The molecule has 24 heavy (non-hydrogen) atoms. The maximum atomic E-state index is 6.11. The highest BCUT2D eigenvalue weighted by Gasteiger charge is 2.12. The molecule has 122 valence electrons. The second kappa shape index (κ2) is 8.42. The molecule has 0 aliphatic carbocycles. The van der Waals surface area contributed by atoms with Crippen LogP contribution in [0.5, 0.6) is 17.2 Å². The fourth-order valence-corrected chi connectivity index (χ4v) is 2.63. The molecular formula is C21H19ClO2. The fraction of sp³-hybridized carbons (Fsp3) is 0.143. The van der Waals surface area contributed by atoms with Crippen LogP contribution in [-0.4, -0.2) is 5.88 Å². The van der Waals surface area contributed by atoms with Crippen molar-refractivity contribution in [3.63, 3.8) is 0 Å². The summed E-state index contributed by atoms with van der Waals surface area (Å²) in [5.41, 5.74) is 1.13. The lowest BCUT2D eigenvalue weighted by Gasteiger charge is -2.19. The molecule has 0 radical (unpaired) electrons. The first-order valence-electron chi connectivity index (χ1n) is 7.95. The van der Waals surface area contributed by atoms with Gasteiger partial charge in [-0.3, -0.25) is 0 Å². The maximum Gasteiger partial charge on any atom is 0.127 e. The number of alkyl halides is 1. The lowest BCUT2D eigenvalue weighted by Crippen LogP contribution is -2.08. The number of para-hydroxylation sites is 1. The molecule has 0 saturated heterocycles. The van der Waals surface area contributed by atoms with Crippen LogP contribution in [-0.2, 0) is 0 Å². The van der Waals surface area contributed by atoms with Gasteiger partial charge in [0.1, 0.15) is 23.4 Å². The van der Waals surface area contributed by atoms with Crippen molar-refractivity contribution in [2.24, 2.45) is 0 Å². The largest absolute Gasteiger partial charge is 0.486 e. The molecule has 3 aromatic rings. The Balaban J connectivity index is 1.68. The van der Waals surface area contributed by atoms with Crippen molar-refractivity contribution in [1.82, 2.24) is 0 Å².